The highest BCUT2D eigenvalue weighted by molar-refractivity contribution is 6.30. The Balaban J connectivity index is 1.14. The van der Waals surface area contributed by atoms with Crippen molar-refractivity contribution in [3.63, 3.8) is 0 Å². The number of para-hydroxylation sites is 2. The first-order valence-electron chi connectivity index (χ1n) is 18.9. The molecule has 0 atom stereocenters. The van der Waals surface area contributed by atoms with E-state index in [2.05, 4.69) is 116 Å². The van der Waals surface area contributed by atoms with Gasteiger partial charge in [0.05, 0.1) is 45.7 Å². The van der Waals surface area contributed by atoms with Gasteiger partial charge in [0.25, 0.3) is 0 Å². The van der Waals surface area contributed by atoms with E-state index in [1.54, 1.807) is 7.11 Å². The topological polar surface area (TPSA) is 80.5 Å². The predicted molar refractivity (Wildman–Crippen MR) is 227 cm³/mol. The van der Waals surface area contributed by atoms with Crippen LogP contribution in [0.25, 0.3) is 21.8 Å². The molecule has 0 unspecified atom stereocenters. The molecule has 0 saturated heterocycles. The summed E-state index contributed by atoms with van der Waals surface area (Å²) in [7, 11) is 1.71. The molecule has 0 radical (unpaired) electrons. The number of aromatic nitrogens is 8. The molecule has 9 aromatic rings. The predicted octanol–water partition coefficient (Wildman–Crippen LogP) is 10.1. The van der Waals surface area contributed by atoms with E-state index in [-0.39, 0.29) is 5.92 Å². The maximum atomic E-state index is 6.13. The molecule has 0 amide bonds. The van der Waals surface area contributed by atoms with Crippen molar-refractivity contribution < 1.29 is 4.74 Å². The number of ether oxygens (including phenoxy) is 1. The van der Waals surface area contributed by atoms with Crippen LogP contribution in [0.1, 0.15) is 56.5 Å². The third-order valence-electron chi connectivity index (χ3n) is 10.9. The van der Waals surface area contributed by atoms with Crippen molar-refractivity contribution in [3.05, 3.63) is 194 Å². The van der Waals surface area contributed by atoms with Crippen molar-refractivity contribution in [1.29, 1.82) is 0 Å². The molecular weight excluding hydrogens is 751 g/mol. The second-order valence-corrected chi connectivity index (χ2v) is 15.4. The summed E-state index contributed by atoms with van der Waals surface area (Å²) in [6.45, 7) is 6.85. The largest absolute Gasteiger partial charge is 0.497 e. The van der Waals surface area contributed by atoms with Gasteiger partial charge in [-0.2, -0.15) is 0 Å². The second-order valence-electron chi connectivity index (χ2n) is 14.5. The summed E-state index contributed by atoms with van der Waals surface area (Å²) in [6.07, 6.45) is 4.07. The first-order valence-corrected chi connectivity index (χ1v) is 19.6. The monoisotopic (exact) mass is 790 g/mol. The molecule has 0 fully saturated rings. The summed E-state index contributed by atoms with van der Waals surface area (Å²) >= 11 is 12.3. The smallest absolute Gasteiger partial charge is 0.118 e. The molecule has 4 aromatic heterocycles. The Labute approximate surface area is 340 Å². The Hall–Kier alpha value is -6.16. The van der Waals surface area contributed by atoms with Crippen molar-refractivity contribution in [3.8, 4) is 5.75 Å². The molecule has 0 aliphatic heterocycles. The van der Waals surface area contributed by atoms with Crippen LogP contribution in [0.15, 0.2) is 134 Å². The van der Waals surface area contributed by atoms with Crippen molar-refractivity contribution in [2.45, 2.75) is 45.9 Å². The molecule has 9 rings (SSSR count). The Bertz CT molecular complexity index is 2660. The Morgan fingerprint density at radius 2 is 0.982 bits per heavy atom. The van der Waals surface area contributed by atoms with Crippen LogP contribution in [0, 0.1) is 13.8 Å². The van der Waals surface area contributed by atoms with E-state index in [4.69, 9.17) is 27.9 Å². The lowest BCUT2D eigenvalue weighted by Crippen LogP contribution is -2.10. The third kappa shape index (κ3) is 7.20. The Kier molecular flexibility index (Phi) is 9.86. The van der Waals surface area contributed by atoms with Crippen molar-refractivity contribution in [2.75, 3.05) is 7.11 Å². The van der Waals surface area contributed by atoms with Gasteiger partial charge in [0.15, 0.2) is 0 Å². The second kappa shape index (κ2) is 15.4. The molecule has 57 heavy (non-hydrogen) atoms. The van der Waals surface area contributed by atoms with Gasteiger partial charge in [0.2, 0.25) is 0 Å². The lowest BCUT2D eigenvalue weighted by molar-refractivity contribution is 0.414. The first-order chi connectivity index (χ1) is 27.8. The van der Waals surface area contributed by atoms with E-state index in [0.29, 0.717) is 36.2 Å². The van der Waals surface area contributed by atoms with E-state index in [1.165, 1.54) is 38.9 Å². The van der Waals surface area contributed by atoms with Crippen LogP contribution in [0.5, 0.6) is 5.75 Å². The van der Waals surface area contributed by atoms with E-state index < -0.39 is 0 Å². The highest BCUT2D eigenvalue weighted by Gasteiger charge is 2.30. The Morgan fingerprint density at radius 1 is 0.544 bits per heavy atom. The third-order valence-corrected chi connectivity index (χ3v) is 11.4. The summed E-state index contributed by atoms with van der Waals surface area (Å²) < 4.78 is 14.2. The number of hydrogen-bond acceptors (Lipinski definition) is 5. The van der Waals surface area contributed by atoms with Gasteiger partial charge in [-0.25, -0.2) is 9.36 Å². The van der Waals surface area contributed by atoms with Crippen LogP contribution >= 0.6 is 23.2 Å². The molecule has 0 aliphatic carbocycles. The first kappa shape index (κ1) is 36.5. The van der Waals surface area contributed by atoms with Gasteiger partial charge in [0, 0.05) is 49.2 Å². The van der Waals surface area contributed by atoms with Crippen LogP contribution in [-0.2, 0) is 26.2 Å². The summed E-state index contributed by atoms with van der Waals surface area (Å²) in [5.74, 6) is 0.716. The zero-order valence-electron chi connectivity index (χ0n) is 31.8. The van der Waals surface area contributed by atoms with Gasteiger partial charge < -0.3 is 13.9 Å². The minimum absolute atomic E-state index is 0.102. The molecule has 0 saturated carbocycles. The van der Waals surface area contributed by atoms with Crippen LogP contribution in [-0.4, -0.2) is 46.2 Å². The van der Waals surface area contributed by atoms with Gasteiger partial charge in [-0.1, -0.05) is 106 Å². The van der Waals surface area contributed by atoms with E-state index >= 15 is 0 Å². The fourth-order valence-electron chi connectivity index (χ4n) is 8.18. The number of nitrogens with zero attached hydrogens (tertiary/aromatic N) is 8. The van der Waals surface area contributed by atoms with Crippen LogP contribution < -0.4 is 4.74 Å². The molecular formula is C46H40Cl2N8O. The fourth-order valence-corrected chi connectivity index (χ4v) is 8.43. The van der Waals surface area contributed by atoms with Crippen molar-refractivity contribution >= 4 is 45.0 Å². The number of rotatable bonds is 12. The summed E-state index contributed by atoms with van der Waals surface area (Å²) in [4.78, 5) is 0. The zero-order chi connectivity index (χ0) is 39.0. The van der Waals surface area contributed by atoms with E-state index in [1.807, 2.05) is 70.3 Å². The highest BCUT2D eigenvalue weighted by Crippen LogP contribution is 2.45. The average Bonchev–Trinajstić information content (AvgIpc) is 4.00. The fraction of sp³-hybridized carbons (Fsp3) is 0.174. The minimum atomic E-state index is -0.102. The normalized spacial score (nSPS) is 11.7. The summed E-state index contributed by atoms with van der Waals surface area (Å²) in [5, 5.41) is 22.1. The number of halogens is 2. The van der Waals surface area contributed by atoms with Crippen LogP contribution in [0.4, 0.5) is 0 Å². The number of hydrogen-bond donors (Lipinski definition) is 0. The maximum Gasteiger partial charge on any atom is 0.118 e. The maximum absolute atomic E-state index is 6.13. The summed E-state index contributed by atoms with van der Waals surface area (Å²) in [5.41, 5.74) is 12.3. The zero-order valence-corrected chi connectivity index (χ0v) is 33.4. The number of fused-ring (bicyclic) bond motifs is 2. The van der Waals surface area contributed by atoms with Gasteiger partial charge in [0.1, 0.15) is 17.1 Å². The lowest BCUT2D eigenvalue weighted by Gasteiger charge is -2.21. The van der Waals surface area contributed by atoms with E-state index in [0.717, 1.165) is 39.3 Å². The molecule has 5 aromatic carbocycles. The molecule has 0 aliphatic rings. The Morgan fingerprint density at radius 3 is 1.42 bits per heavy atom. The van der Waals surface area contributed by atoms with Crippen molar-refractivity contribution in [2.24, 2.45) is 0 Å². The average molecular weight is 792 g/mol. The molecule has 0 spiro atoms. The van der Waals surface area contributed by atoms with Gasteiger partial charge >= 0.3 is 0 Å². The molecule has 4 heterocycles. The number of benzene rings is 5. The lowest BCUT2D eigenvalue weighted by atomic mass is 9.82. The standard InChI is InChI=1S/C46H40Cl2N8O/c1-30-44(40-8-4-6-10-42(40)55(30)28-37-26-53(51-49-37)24-32-12-18-35(47)19-13-32)46(34-16-22-39(57-3)23-17-34)45-31(2)56(43-11-7-5-9-41(43)45)29-38-27-54(52-50-38)25-33-14-20-36(48)21-15-33/h4-23,26-27,46H,24-25,28-29H2,1-3H3. The van der Waals surface area contributed by atoms with Gasteiger partial charge in [-0.15, -0.1) is 10.2 Å². The van der Waals surface area contributed by atoms with Crippen LogP contribution in [0.2, 0.25) is 10.0 Å². The SMILES string of the molecule is COc1ccc(C(c2c(C)n(Cc3cn(Cc4ccc(Cl)cc4)nn3)c3ccccc23)c2c(C)n(Cc3cn(Cc4ccc(Cl)cc4)nn3)c3ccccc23)cc1. The van der Waals surface area contributed by atoms with Gasteiger partial charge in [-0.05, 0) is 90.2 Å². The molecule has 11 heteroatoms. The van der Waals surface area contributed by atoms with E-state index in [9.17, 15) is 0 Å². The molecule has 284 valence electrons. The van der Waals surface area contributed by atoms with Crippen molar-refractivity contribution in [1.82, 2.24) is 39.1 Å². The molecule has 0 bridgehead atoms. The van der Waals surface area contributed by atoms with Gasteiger partial charge in [-0.3, -0.25) is 0 Å². The summed E-state index contributed by atoms with van der Waals surface area (Å²) in [6, 6.07) is 41.6. The molecule has 9 nitrogen and oxygen atoms in total. The quantitative estimate of drug-likeness (QED) is 0.123. The number of methoxy groups -OCH3 is 1. The molecule has 0 N–H and O–H groups in total. The highest BCUT2D eigenvalue weighted by atomic mass is 35.5. The van der Waals surface area contributed by atoms with Crippen LogP contribution in [0.3, 0.4) is 0 Å². The minimum Gasteiger partial charge on any atom is -0.497 e.